The van der Waals surface area contributed by atoms with Gasteiger partial charge in [0.15, 0.2) is 11.5 Å². The van der Waals surface area contributed by atoms with Gasteiger partial charge in [0.2, 0.25) is 0 Å². The normalized spacial score (nSPS) is 14.3. The number of benzene rings is 2. The topological polar surface area (TPSA) is 71.3 Å². The molecule has 1 saturated carbocycles. The molecule has 2 aromatic carbocycles. The summed E-state index contributed by atoms with van der Waals surface area (Å²) < 4.78 is 12.1. The number of amides is 1. The first kappa shape index (κ1) is 21.9. The lowest BCUT2D eigenvalue weighted by Gasteiger charge is -2.14. The van der Waals surface area contributed by atoms with Gasteiger partial charge < -0.3 is 14.8 Å². The van der Waals surface area contributed by atoms with Crippen LogP contribution in [0, 0.1) is 18.3 Å². The Hall–Kier alpha value is -2.78. The van der Waals surface area contributed by atoms with E-state index in [2.05, 4.69) is 21.2 Å². The van der Waals surface area contributed by atoms with Crippen molar-refractivity contribution >= 4 is 27.9 Å². The van der Waals surface area contributed by atoms with Crippen LogP contribution < -0.4 is 14.8 Å². The smallest absolute Gasteiger partial charge is 0.262 e. The predicted molar refractivity (Wildman–Crippen MR) is 120 cm³/mol. The highest BCUT2D eigenvalue weighted by molar-refractivity contribution is 9.10. The quantitative estimate of drug-likeness (QED) is 0.441. The Morgan fingerprint density at radius 3 is 2.60 bits per heavy atom. The lowest BCUT2D eigenvalue weighted by atomic mass is 10.1. The van der Waals surface area contributed by atoms with Crippen molar-refractivity contribution < 1.29 is 14.3 Å². The fraction of sp³-hybridized carbons (Fsp3) is 0.333. The van der Waals surface area contributed by atoms with Crippen molar-refractivity contribution in [3.05, 3.63) is 63.1 Å². The lowest BCUT2D eigenvalue weighted by Crippen LogP contribution is -2.33. The van der Waals surface area contributed by atoms with E-state index in [0.29, 0.717) is 28.1 Å². The SMILES string of the molecule is COc1cc(/C=C(/C#N)C(=O)NC2CCCC2)cc(Br)c1OCc1ccc(C)cc1. The van der Waals surface area contributed by atoms with Gasteiger partial charge in [-0.25, -0.2) is 0 Å². The number of hydrogen-bond donors (Lipinski definition) is 1. The zero-order chi connectivity index (χ0) is 21.5. The zero-order valence-corrected chi connectivity index (χ0v) is 18.8. The largest absolute Gasteiger partial charge is 0.493 e. The first-order valence-corrected chi connectivity index (χ1v) is 10.8. The predicted octanol–water partition coefficient (Wildman–Crippen LogP) is 5.31. The molecule has 1 N–H and O–H groups in total. The molecule has 0 aliphatic heterocycles. The Kier molecular flexibility index (Phi) is 7.53. The summed E-state index contributed by atoms with van der Waals surface area (Å²) in [6.07, 6.45) is 5.74. The summed E-state index contributed by atoms with van der Waals surface area (Å²) >= 11 is 3.53. The Morgan fingerprint density at radius 2 is 1.97 bits per heavy atom. The van der Waals surface area contributed by atoms with Crippen LogP contribution in [-0.4, -0.2) is 19.1 Å². The van der Waals surface area contributed by atoms with Gasteiger partial charge in [0, 0.05) is 6.04 Å². The van der Waals surface area contributed by atoms with Crippen LogP contribution in [-0.2, 0) is 11.4 Å². The van der Waals surface area contributed by atoms with Crippen molar-refractivity contribution in [2.45, 2.75) is 45.3 Å². The number of carbonyl (C=O) groups is 1. The van der Waals surface area contributed by atoms with E-state index < -0.39 is 0 Å². The number of rotatable bonds is 7. The summed E-state index contributed by atoms with van der Waals surface area (Å²) in [7, 11) is 1.56. The molecule has 0 heterocycles. The fourth-order valence-electron chi connectivity index (χ4n) is 3.45. The van der Waals surface area contributed by atoms with Crippen molar-refractivity contribution in [1.29, 1.82) is 5.26 Å². The molecular weight excluding hydrogens is 444 g/mol. The molecule has 1 amide bonds. The van der Waals surface area contributed by atoms with Crippen LogP contribution in [0.2, 0.25) is 0 Å². The van der Waals surface area contributed by atoms with E-state index in [0.717, 1.165) is 31.2 Å². The van der Waals surface area contributed by atoms with Crippen molar-refractivity contribution in [3.8, 4) is 17.6 Å². The molecule has 5 nitrogen and oxygen atoms in total. The van der Waals surface area contributed by atoms with Gasteiger partial charge in [-0.05, 0) is 65.0 Å². The van der Waals surface area contributed by atoms with Gasteiger partial charge >= 0.3 is 0 Å². The van der Waals surface area contributed by atoms with Crippen molar-refractivity contribution in [1.82, 2.24) is 5.32 Å². The van der Waals surface area contributed by atoms with Crippen LogP contribution >= 0.6 is 15.9 Å². The molecule has 3 rings (SSSR count). The third-order valence-electron chi connectivity index (χ3n) is 5.12. The number of aryl methyl sites for hydroxylation is 1. The van der Waals surface area contributed by atoms with Gasteiger partial charge in [-0.15, -0.1) is 0 Å². The van der Waals surface area contributed by atoms with Crippen LogP contribution in [0.1, 0.15) is 42.4 Å². The number of nitriles is 1. The first-order chi connectivity index (χ1) is 14.5. The van der Waals surface area contributed by atoms with Gasteiger partial charge in [-0.3, -0.25) is 4.79 Å². The summed E-state index contributed by atoms with van der Waals surface area (Å²) in [4.78, 5) is 12.5. The Morgan fingerprint density at radius 1 is 1.27 bits per heavy atom. The molecule has 0 atom stereocenters. The third-order valence-corrected chi connectivity index (χ3v) is 5.71. The Bertz CT molecular complexity index is 971. The third kappa shape index (κ3) is 5.64. The van der Waals surface area contributed by atoms with E-state index in [4.69, 9.17) is 9.47 Å². The lowest BCUT2D eigenvalue weighted by molar-refractivity contribution is -0.117. The molecule has 0 radical (unpaired) electrons. The van der Waals surface area contributed by atoms with E-state index in [-0.39, 0.29) is 17.5 Å². The molecule has 0 bridgehead atoms. The average Bonchev–Trinajstić information content (AvgIpc) is 3.25. The maximum atomic E-state index is 12.5. The monoisotopic (exact) mass is 468 g/mol. The molecule has 1 aliphatic rings. The molecule has 6 heteroatoms. The standard InChI is InChI=1S/C24H25BrN2O3/c1-16-7-9-17(10-8-16)15-30-23-21(25)12-18(13-22(23)29-2)11-19(14-26)24(28)27-20-5-3-4-6-20/h7-13,20H,3-6,15H2,1-2H3,(H,27,28)/b19-11-. The molecule has 1 fully saturated rings. The summed E-state index contributed by atoms with van der Waals surface area (Å²) in [5.74, 6) is 0.763. The highest BCUT2D eigenvalue weighted by atomic mass is 79.9. The molecule has 2 aromatic rings. The van der Waals surface area contributed by atoms with Crippen LogP contribution in [0.15, 0.2) is 46.4 Å². The van der Waals surface area contributed by atoms with Crippen LogP contribution in [0.5, 0.6) is 11.5 Å². The van der Waals surface area contributed by atoms with Gasteiger partial charge in [-0.1, -0.05) is 42.7 Å². The molecule has 30 heavy (non-hydrogen) atoms. The maximum absolute atomic E-state index is 12.5. The number of ether oxygens (including phenoxy) is 2. The van der Waals surface area contributed by atoms with Gasteiger partial charge in [0.1, 0.15) is 18.2 Å². The minimum absolute atomic E-state index is 0.0733. The van der Waals surface area contributed by atoms with E-state index in [1.165, 1.54) is 5.56 Å². The molecule has 0 aromatic heterocycles. The van der Waals surface area contributed by atoms with Gasteiger partial charge in [-0.2, -0.15) is 5.26 Å². The van der Waals surface area contributed by atoms with Crippen LogP contribution in [0.25, 0.3) is 6.08 Å². The molecule has 0 saturated heterocycles. The number of nitrogens with zero attached hydrogens (tertiary/aromatic N) is 1. The zero-order valence-electron chi connectivity index (χ0n) is 17.2. The second-order valence-electron chi connectivity index (χ2n) is 7.43. The highest BCUT2D eigenvalue weighted by Crippen LogP contribution is 2.37. The number of halogens is 1. The maximum Gasteiger partial charge on any atom is 0.262 e. The second-order valence-corrected chi connectivity index (χ2v) is 8.29. The number of carbonyl (C=O) groups excluding carboxylic acids is 1. The van der Waals surface area contributed by atoms with Gasteiger partial charge in [0.25, 0.3) is 5.91 Å². The summed E-state index contributed by atoms with van der Waals surface area (Å²) in [5, 5.41) is 12.4. The first-order valence-electron chi connectivity index (χ1n) is 9.98. The number of methoxy groups -OCH3 is 1. The Balaban J connectivity index is 1.77. The van der Waals surface area contributed by atoms with Crippen molar-refractivity contribution in [2.75, 3.05) is 7.11 Å². The van der Waals surface area contributed by atoms with E-state index in [1.807, 2.05) is 43.3 Å². The van der Waals surface area contributed by atoms with E-state index >= 15 is 0 Å². The van der Waals surface area contributed by atoms with Crippen LogP contribution in [0.3, 0.4) is 0 Å². The second kappa shape index (κ2) is 10.3. The van der Waals surface area contributed by atoms with Crippen LogP contribution in [0.4, 0.5) is 0 Å². The minimum Gasteiger partial charge on any atom is -0.493 e. The van der Waals surface area contributed by atoms with Gasteiger partial charge in [0.05, 0.1) is 11.6 Å². The van der Waals surface area contributed by atoms with E-state index in [1.54, 1.807) is 19.3 Å². The van der Waals surface area contributed by atoms with Crippen molar-refractivity contribution in [2.24, 2.45) is 0 Å². The average molecular weight is 469 g/mol. The molecule has 156 valence electrons. The van der Waals surface area contributed by atoms with Crippen molar-refractivity contribution in [3.63, 3.8) is 0 Å². The number of nitrogens with one attached hydrogen (secondary N) is 1. The minimum atomic E-state index is -0.334. The molecule has 1 aliphatic carbocycles. The fourth-order valence-corrected chi connectivity index (χ4v) is 4.03. The molecular formula is C24H25BrN2O3. The molecule has 0 spiro atoms. The summed E-state index contributed by atoms with van der Waals surface area (Å²) in [5.41, 5.74) is 3.00. The number of hydrogen-bond acceptors (Lipinski definition) is 4. The van der Waals surface area contributed by atoms with E-state index in [9.17, 15) is 10.1 Å². The molecule has 0 unspecified atom stereocenters. The summed E-state index contributed by atoms with van der Waals surface area (Å²) in [6, 6.07) is 13.9. The summed E-state index contributed by atoms with van der Waals surface area (Å²) in [6.45, 7) is 2.44. The Labute approximate surface area is 185 Å². The highest BCUT2D eigenvalue weighted by Gasteiger charge is 2.20.